The van der Waals surface area contributed by atoms with Crippen LogP contribution in [-0.2, 0) is 6.42 Å². The molecule has 0 N–H and O–H groups in total. The van der Waals surface area contributed by atoms with E-state index in [9.17, 15) is 0 Å². The first kappa shape index (κ1) is 21.6. The van der Waals surface area contributed by atoms with Crippen LogP contribution in [0.3, 0.4) is 0 Å². The van der Waals surface area contributed by atoms with Gasteiger partial charge in [0.2, 0.25) is 0 Å². The lowest BCUT2D eigenvalue weighted by Gasteiger charge is -2.07. The monoisotopic (exact) mass is 500 g/mol. The third kappa shape index (κ3) is 3.36. The van der Waals surface area contributed by atoms with Gasteiger partial charge in [-0.05, 0) is 68.1 Å². The number of fused-ring (bicyclic) bond motifs is 6. The van der Waals surface area contributed by atoms with Crippen molar-refractivity contribution in [2.75, 3.05) is 0 Å². The van der Waals surface area contributed by atoms with Gasteiger partial charge in [-0.2, -0.15) is 0 Å². The fraction of sp³-hybridized carbons (Fsp3) is 0.0270. The Morgan fingerprint density at radius 1 is 0.368 bits per heavy atom. The van der Waals surface area contributed by atoms with Crippen LogP contribution in [0.2, 0.25) is 0 Å². The smallest absolute Gasteiger partial charge is 0.0434 e. The minimum atomic E-state index is 1.03. The van der Waals surface area contributed by atoms with Crippen LogP contribution in [0.4, 0.5) is 0 Å². The average Bonchev–Trinajstić information content (AvgIpc) is 3.56. The number of thiophene rings is 1. The second-order valence-corrected chi connectivity index (χ2v) is 11.1. The van der Waals surface area contributed by atoms with Crippen LogP contribution >= 0.6 is 11.3 Å². The molecule has 0 saturated heterocycles. The molecule has 0 amide bonds. The van der Waals surface area contributed by atoms with E-state index in [1.807, 2.05) is 11.3 Å². The summed E-state index contributed by atoms with van der Waals surface area (Å²) in [7, 11) is 0. The van der Waals surface area contributed by atoms with Crippen molar-refractivity contribution in [1.82, 2.24) is 0 Å². The number of benzene rings is 6. The molecule has 1 aliphatic rings. The Balaban J connectivity index is 1.26. The highest BCUT2D eigenvalue weighted by Gasteiger charge is 2.20. The summed E-state index contributed by atoms with van der Waals surface area (Å²) in [5, 5.41) is 2.68. The van der Waals surface area contributed by atoms with E-state index in [-0.39, 0.29) is 0 Å². The highest BCUT2D eigenvalue weighted by Crippen LogP contribution is 2.45. The fourth-order valence-corrected chi connectivity index (χ4v) is 7.41. The Labute approximate surface area is 226 Å². The molecule has 0 radical (unpaired) electrons. The van der Waals surface area contributed by atoms with Crippen molar-refractivity contribution in [3.05, 3.63) is 145 Å². The Morgan fingerprint density at radius 2 is 0.921 bits per heavy atom. The zero-order chi connectivity index (χ0) is 25.1. The SMILES string of the molecule is c1ccc(-c2ccc(-c3cccc4c3sc3c(-c5ccc6c(c5)-c5ccccc5C6)cccc34)cc2)cc1. The van der Waals surface area contributed by atoms with Crippen molar-refractivity contribution < 1.29 is 0 Å². The van der Waals surface area contributed by atoms with Crippen LogP contribution in [0, 0.1) is 0 Å². The van der Waals surface area contributed by atoms with Gasteiger partial charge >= 0.3 is 0 Å². The van der Waals surface area contributed by atoms with E-state index in [1.165, 1.54) is 75.8 Å². The van der Waals surface area contributed by atoms with Crippen molar-refractivity contribution in [2.24, 2.45) is 0 Å². The molecule has 38 heavy (non-hydrogen) atoms. The van der Waals surface area contributed by atoms with E-state index in [0.29, 0.717) is 0 Å². The normalized spacial score (nSPS) is 12.1. The first-order chi connectivity index (χ1) is 18.8. The summed E-state index contributed by atoms with van der Waals surface area (Å²) in [6.45, 7) is 0. The molecular formula is C37H24S. The van der Waals surface area contributed by atoms with Gasteiger partial charge in [0.05, 0.1) is 0 Å². The van der Waals surface area contributed by atoms with Crippen LogP contribution in [0.1, 0.15) is 11.1 Å². The molecule has 1 aromatic heterocycles. The third-order valence-electron chi connectivity index (χ3n) is 7.94. The topological polar surface area (TPSA) is 0 Å². The highest BCUT2D eigenvalue weighted by molar-refractivity contribution is 7.26. The molecule has 0 nitrogen and oxygen atoms in total. The lowest BCUT2D eigenvalue weighted by molar-refractivity contribution is 1.26. The van der Waals surface area contributed by atoms with Crippen molar-refractivity contribution in [3.8, 4) is 44.5 Å². The maximum atomic E-state index is 2.41. The van der Waals surface area contributed by atoms with Crippen LogP contribution < -0.4 is 0 Å². The van der Waals surface area contributed by atoms with Gasteiger partial charge in [-0.15, -0.1) is 11.3 Å². The second kappa shape index (κ2) is 8.55. The lowest BCUT2D eigenvalue weighted by atomic mass is 9.96. The molecule has 6 aromatic carbocycles. The van der Waals surface area contributed by atoms with Gasteiger partial charge in [0.1, 0.15) is 0 Å². The largest absolute Gasteiger partial charge is 0.134 e. The van der Waals surface area contributed by atoms with E-state index in [2.05, 4.69) is 133 Å². The minimum Gasteiger partial charge on any atom is -0.134 e. The minimum absolute atomic E-state index is 1.03. The summed E-state index contributed by atoms with van der Waals surface area (Å²) in [5.74, 6) is 0. The number of hydrogen-bond donors (Lipinski definition) is 0. The summed E-state index contributed by atoms with van der Waals surface area (Å²) in [4.78, 5) is 0. The molecule has 0 bridgehead atoms. The van der Waals surface area contributed by atoms with Crippen LogP contribution in [0.15, 0.2) is 133 Å². The molecule has 1 heteroatoms. The Kier molecular flexibility index (Phi) is 4.86. The van der Waals surface area contributed by atoms with Gasteiger partial charge in [0, 0.05) is 20.2 Å². The molecule has 178 valence electrons. The van der Waals surface area contributed by atoms with E-state index in [4.69, 9.17) is 0 Å². The Hall–Kier alpha value is -4.46. The molecule has 1 aliphatic carbocycles. The molecule has 7 aromatic rings. The molecule has 0 fully saturated rings. The summed E-state index contributed by atoms with van der Waals surface area (Å²) in [5.41, 5.74) is 13.3. The molecule has 0 aliphatic heterocycles. The number of hydrogen-bond acceptors (Lipinski definition) is 1. The van der Waals surface area contributed by atoms with Crippen molar-refractivity contribution in [1.29, 1.82) is 0 Å². The summed E-state index contributed by atoms with van der Waals surface area (Å²) >= 11 is 1.92. The summed E-state index contributed by atoms with van der Waals surface area (Å²) in [6, 6.07) is 49.0. The Bertz CT molecular complexity index is 1970. The Morgan fingerprint density at radius 3 is 1.68 bits per heavy atom. The molecular weight excluding hydrogens is 476 g/mol. The molecule has 0 spiro atoms. The average molecular weight is 501 g/mol. The first-order valence-electron chi connectivity index (χ1n) is 13.2. The van der Waals surface area contributed by atoms with Gasteiger partial charge in [-0.3, -0.25) is 0 Å². The maximum Gasteiger partial charge on any atom is 0.0434 e. The van der Waals surface area contributed by atoms with Crippen molar-refractivity contribution >= 4 is 31.5 Å². The summed E-state index contributed by atoms with van der Waals surface area (Å²) < 4.78 is 2.72. The van der Waals surface area contributed by atoms with E-state index >= 15 is 0 Å². The third-order valence-corrected chi connectivity index (χ3v) is 9.22. The lowest BCUT2D eigenvalue weighted by Crippen LogP contribution is -1.83. The second-order valence-electron chi connectivity index (χ2n) is 10.1. The molecule has 1 heterocycles. The van der Waals surface area contributed by atoms with E-state index in [1.54, 1.807) is 0 Å². The summed E-state index contributed by atoms with van der Waals surface area (Å²) in [6.07, 6.45) is 1.03. The van der Waals surface area contributed by atoms with Crippen molar-refractivity contribution in [3.63, 3.8) is 0 Å². The van der Waals surface area contributed by atoms with Crippen molar-refractivity contribution in [2.45, 2.75) is 6.42 Å². The standard InChI is InChI=1S/C37H24S/c1-2-8-24(9-3-1)25-16-18-26(19-17-25)31-12-6-14-33-34-15-7-13-32(37(34)38-36(31)33)29-21-20-28-22-27-10-4-5-11-30(27)35(28)23-29/h1-21,23H,22H2. The maximum absolute atomic E-state index is 2.41. The van der Waals surface area contributed by atoms with Gasteiger partial charge in [-0.1, -0.05) is 127 Å². The van der Waals surface area contributed by atoms with E-state index < -0.39 is 0 Å². The van der Waals surface area contributed by atoms with Crippen LogP contribution in [0.25, 0.3) is 64.7 Å². The van der Waals surface area contributed by atoms with E-state index in [0.717, 1.165) is 6.42 Å². The van der Waals surface area contributed by atoms with Gasteiger partial charge < -0.3 is 0 Å². The predicted octanol–water partition coefficient (Wildman–Crippen LogP) is 10.6. The van der Waals surface area contributed by atoms with Gasteiger partial charge in [0.15, 0.2) is 0 Å². The molecule has 8 rings (SSSR count). The fourth-order valence-electron chi connectivity index (χ4n) is 6.04. The van der Waals surface area contributed by atoms with Gasteiger partial charge in [0.25, 0.3) is 0 Å². The highest BCUT2D eigenvalue weighted by atomic mass is 32.1. The quantitative estimate of drug-likeness (QED) is 0.226. The predicted molar refractivity (Wildman–Crippen MR) is 164 cm³/mol. The van der Waals surface area contributed by atoms with Gasteiger partial charge in [-0.25, -0.2) is 0 Å². The zero-order valence-corrected chi connectivity index (χ0v) is 21.6. The zero-order valence-electron chi connectivity index (χ0n) is 20.8. The van der Waals surface area contributed by atoms with Crippen LogP contribution in [-0.4, -0.2) is 0 Å². The number of rotatable bonds is 3. The van der Waals surface area contributed by atoms with Crippen LogP contribution in [0.5, 0.6) is 0 Å². The molecule has 0 unspecified atom stereocenters. The molecule has 0 saturated carbocycles. The molecule has 0 atom stereocenters. The first-order valence-corrected chi connectivity index (χ1v) is 14.0.